The summed E-state index contributed by atoms with van der Waals surface area (Å²) in [7, 11) is 2.07. The minimum Gasteiger partial charge on any atom is -0.465 e. The first kappa shape index (κ1) is 16.1. The third-order valence-electron chi connectivity index (χ3n) is 3.74. The molecule has 2 unspecified atom stereocenters. The molecule has 0 fully saturated rings. The van der Waals surface area contributed by atoms with Gasteiger partial charge < -0.3 is 10.2 Å². The van der Waals surface area contributed by atoms with E-state index in [2.05, 4.69) is 24.9 Å². The number of hydrogen-bond acceptors (Lipinski definition) is 3. The fourth-order valence-electron chi connectivity index (χ4n) is 2.66. The van der Waals surface area contributed by atoms with Crippen molar-refractivity contribution in [1.82, 2.24) is 4.90 Å². The topological polar surface area (TPSA) is 42.4 Å². The van der Waals surface area contributed by atoms with Crippen molar-refractivity contribution in [2.75, 3.05) is 7.05 Å². The number of rotatable bonds is 6. The molecule has 2 N–H and O–H groups in total. The van der Waals surface area contributed by atoms with E-state index in [1.54, 1.807) is 0 Å². The normalized spacial score (nSPS) is 14.4. The van der Waals surface area contributed by atoms with Crippen LogP contribution in [0, 0.1) is 6.92 Å². The SMILES string of the molecule is CCC(N)C(c1cccc(Cl)c1)N(C)Cc1ccc(C)o1. The number of furan rings is 1. The van der Waals surface area contributed by atoms with E-state index in [9.17, 15) is 0 Å². The van der Waals surface area contributed by atoms with Gasteiger partial charge in [0.2, 0.25) is 0 Å². The lowest BCUT2D eigenvalue weighted by atomic mass is 9.96. The lowest BCUT2D eigenvalue weighted by Crippen LogP contribution is -2.38. The van der Waals surface area contributed by atoms with E-state index in [-0.39, 0.29) is 12.1 Å². The summed E-state index contributed by atoms with van der Waals surface area (Å²) in [5.41, 5.74) is 7.49. The summed E-state index contributed by atoms with van der Waals surface area (Å²) in [5.74, 6) is 1.88. The van der Waals surface area contributed by atoms with Crippen molar-refractivity contribution in [3.05, 3.63) is 58.5 Å². The Bertz CT molecular complexity index is 582. The average Bonchev–Trinajstić information content (AvgIpc) is 2.84. The molecule has 2 atom stereocenters. The van der Waals surface area contributed by atoms with E-state index in [0.29, 0.717) is 0 Å². The number of nitrogens with zero attached hydrogens (tertiary/aromatic N) is 1. The maximum absolute atomic E-state index is 6.34. The molecule has 0 aliphatic rings. The predicted octanol–water partition coefficient (Wildman–Crippen LogP) is 4.15. The first-order chi connectivity index (χ1) is 10.0. The third-order valence-corrected chi connectivity index (χ3v) is 3.98. The molecule has 0 radical (unpaired) electrons. The molecule has 0 aliphatic heterocycles. The molecule has 2 rings (SSSR count). The molecule has 0 bridgehead atoms. The van der Waals surface area contributed by atoms with Gasteiger partial charge in [0, 0.05) is 11.1 Å². The van der Waals surface area contributed by atoms with Crippen LogP contribution in [0.3, 0.4) is 0 Å². The molecule has 0 saturated carbocycles. The molecule has 1 aromatic heterocycles. The molecule has 0 saturated heterocycles. The second kappa shape index (κ2) is 7.12. The lowest BCUT2D eigenvalue weighted by molar-refractivity contribution is 0.187. The van der Waals surface area contributed by atoms with Crippen LogP contribution < -0.4 is 5.73 Å². The Labute approximate surface area is 131 Å². The quantitative estimate of drug-likeness (QED) is 0.871. The van der Waals surface area contributed by atoms with Gasteiger partial charge in [-0.2, -0.15) is 0 Å². The number of benzene rings is 1. The maximum atomic E-state index is 6.34. The van der Waals surface area contributed by atoms with Crippen LogP contribution >= 0.6 is 11.6 Å². The number of aryl methyl sites for hydroxylation is 1. The van der Waals surface area contributed by atoms with Gasteiger partial charge in [0.1, 0.15) is 11.5 Å². The Kier molecular flexibility index (Phi) is 5.45. The first-order valence-electron chi connectivity index (χ1n) is 7.28. The predicted molar refractivity (Wildman–Crippen MR) is 87.4 cm³/mol. The number of halogens is 1. The highest BCUT2D eigenvalue weighted by atomic mass is 35.5. The van der Waals surface area contributed by atoms with Crippen molar-refractivity contribution in [1.29, 1.82) is 0 Å². The number of likely N-dealkylation sites (N-methyl/N-ethyl adjacent to an activating group) is 1. The van der Waals surface area contributed by atoms with E-state index in [1.807, 2.05) is 37.3 Å². The first-order valence-corrected chi connectivity index (χ1v) is 7.65. The Morgan fingerprint density at radius 2 is 2.05 bits per heavy atom. The smallest absolute Gasteiger partial charge is 0.118 e. The minimum absolute atomic E-state index is 0.0459. The van der Waals surface area contributed by atoms with E-state index < -0.39 is 0 Å². The van der Waals surface area contributed by atoms with Gasteiger partial charge in [-0.05, 0) is 50.2 Å². The molecule has 21 heavy (non-hydrogen) atoms. The van der Waals surface area contributed by atoms with Crippen LogP contribution in [0.2, 0.25) is 5.02 Å². The Morgan fingerprint density at radius 3 is 2.62 bits per heavy atom. The zero-order chi connectivity index (χ0) is 15.4. The molecular formula is C17H23ClN2O. The molecule has 0 spiro atoms. The molecule has 2 aromatic rings. The summed E-state index contributed by atoms with van der Waals surface area (Å²) < 4.78 is 5.67. The molecule has 1 heterocycles. The average molecular weight is 307 g/mol. The Morgan fingerprint density at radius 1 is 1.29 bits per heavy atom. The van der Waals surface area contributed by atoms with E-state index >= 15 is 0 Å². The van der Waals surface area contributed by atoms with E-state index in [0.717, 1.165) is 35.1 Å². The molecule has 1 aromatic carbocycles. The van der Waals surface area contributed by atoms with Crippen LogP contribution in [0.4, 0.5) is 0 Å². The summed E-state index contributed by atoms with van der Waals surface area (Å²) in [5, 5.41) is 0.739. The summed E-state index contributed by atoms with van der Waals surface area (Å²) in [4.78, 5) is 2.22. The van der Waals surface area contributed by atoms with Gasteiger partial charge >= 0.3 is 0 Å². The van der Waals surface area contributed by atoms with Crippen LogP contribution in [0.25, 0.3) is 0 Å². The number of nitrogens with two attached hydrogens (primary N) is 1. The second-order valence-corrected chi connectivity index (χ2v) is 5.94. The molecular weight excluding hydrogens is 284 g/mol. The summed E-state index contributed by atoms with van der Waals surface area (Å²) in [6, 6.07) is 12.1. The van der Waals surface area contributed by atoms with Gasteiger partial charge in [-0.1, -0.05) is 30.7 Å². The van der Waals surface area contributed by atoms with Gasteiger partial charge in [-0.25, -0.2) is 0 Å². The van der Waals surface area contributed by atoms with E-state index in [4.69, 9.17) is 21.8 Å². The van der Waals surface area contributed by atoms with Crippen molar-refractivity contribution in [2.24, 2.45) is 5.73 Å². The van der Waals surface area contributed by atoms with Crippen molar-refractivity contribution >= 4 is 11.6 Å². The molecule has 3 nitrogen and oxygen atoms in total. The van der Waals surface area contributed by atoms with Crippen molar-refractivity contribution in [2.45, 2.75) is 38.9 Å². The summed E-state index contributed by atoms with van der Waals surface area (Å²) in [6.45, 7) is 4.78. The van der Waals surface area contributed by atoms with Gasteiger partial charge in [0.05, 0.1) is 12.6 Å². The Hall–Kier alpha value is -1.29. The van der Waals surface area contributed by atoms with Crippen molar-refractivity contribution in [3.8, 4) is 0 Å². The largest absolute Gasteiger partial charge is 0.465 e. The summed E-state index contributed by atoms with van der Waals surface area (Å²) >= 11 is 6.13. The maximum Gasteiger partial charge on any atom is 0.118 e. The fourth-order valence-corrected chi connectivity index (χ4v) is 2.86. The number of hydrogen-bond donors (Lipinski definition) is 1. The molecule has 0 aliphatic carbocycles. The standard InChI is InChI=1S/C17H23ClN2O/c1-4-16(19)17(13-6-5-7-14(18)10-13)20(3)11-15-9-8-12(2)21-15/h5-10,16-17H,4,11,19H2,1-3H3. The van der Waals surface area contributed by atoms with Crippen molar-refractivity contribution < 1.29 is 4.42 Å². The van der Waals surface area contributed by atoms with Gasteiger partial charge in [-0.3, -0.25) is 4.90 Å². The second-order valence-electron chi connectivity index (χ2n) is 5.50. The highest BCUT2D eigenvalue weighted by molar-refractivity contribution is 6.30. The van der Waals surface area contributed by atoms with Crippen LogP contribution in [0.5, 0.6) is 0 Å². The molecule has 114 valence electrons. The highest BCUT2D eigenvalue weighted by Gasteiger charge is 2.24. The van der Waals surface area contributed by atoms with E-state index in [1.165, 1.54) is 0 Å². The van der Waals surface area contributed by atoms with Gasteiger partial charge in [0.15, 0.2) is 0 Å². The van der Waals surface area contributed by atoms with Crippen LogP contribution in [-0.2, 0) is 6.54 Å². The van der Waals surface area contributed by atoms with Crippen LogP contribution in [0.1, 0.15) is 36.5 Å². The van der Waals surface area contributed by atoms with Crippen molar-refractivity contribution in [3.63, 3.8) is 0 Å². The fraction of sp³-hybridized carbons (Fsp3) is 0.412. The molecule has 0 amide bonds. The highest BCUT2D eigenvalue weighted by Crippen LogP contribution is 2.27. The van der Waals surface area contributed by atoms with Gasteiger partial charge in [-0.15, -0.1) is 0 Å². The van der Waals surface area contributed by atoms with Crippen LogP contribution in [0.15, 0.2) is 40.8 Å². The minimum atomic E-state index is 0.0459. The zero-order valence-electron chi connectivity index (χ0n) is 12.8. The third kappa shape index (κ3) is 4.10. The summed E-state index contributed by atoms with van der Waals surface area (Å²) in [6.07, 6.45) is 0.901. The lowest BCUT2D eigenvalue weighted by Gasteiger charge is -2.32. The zero-order valence-corrected chi connectivity index (χ0v) is 13.6. The molecule has 4 heteroatoms. The monoisotopic (exact) mass is 306 g/mol. The Balaban J connectivity index is 2.23. The van der Waals surface area contributed by atoms with Crippen LogP contribution in [-0.4, -0.2) is 18.0 Å². The van der Waals surface area contributed by atoms with Gasteiger partial charge in [0.25, 0.3) is 0 Å².